The second-order valence-corrected chi connectivity index (χ2v) is 7.65. The van der Waals surface area contributed by atoms with E-state index in [0.717, 1.165) is 71.1 Å². The number of rotatable bonds is 3. The summed E-state index contributed by atoms with van der Waals surface area (Å²) < 4.78 is 0. The molecule has 1 aromatic carbocycles. The number of hydrogen-bond acceptors (Lipinski definition) is 4. The lowest BCUT2D eigenvalue weighted by Gasteiger charge is -2.33. The van der Waals surface area contributed by atoms with Gasteiger partial charge in [-0.05, 0) is 31.4 Å². The highest BCUT2D eigenvalue weighted by Gasteiger charge is 2.26. The fourth-order valence-corrected chi connectivity index (χ4v) is 4.53. The normalized spacial score (nSPS) is 19.2. The van der Waals surface area contributed by atoms with Crippen molar-refractivity contribution in [2.45, 2.75) is 31.7 Å². The molecule has 3 heterocycles. The Bertz CT molecular complexity index is 1130. The van der Waals surface area contributed by atoms with Crippen LogP contribution in [0.2, 0.25) is 0 Å². The summed E-state index contributed by atoms with van der Waals surface area (Å²) in [7, 11) is 0. The molecule has 0 spiro atoms. The number of aromatic nitrogens is 2. The minimum Gasteiger partial charge on any atom is -0.357 e. The van der Waals surface area contributed by atoms with Gasteiger partial charge in [0.1, 0.15) is 5.82 Å². The van der Waals surface area contributed by atoms with E-state index in [2.05, 4.69) is 32.8 Å². The van der Waals surface area contributed by atoms with Crippen LogP contribution in [0.4, 0.5) is 5.82 Å². The standard InChI is InChI=1S/C22H22N4O2/c1-2-20(28)24-14-4-3-9-26(12-14)19-10-16-13(11-23-19)5-6-15-21-17(25-22(15)16)7-8-18(21)27/h2,5-6,10-11,14,25H,1,3-4,7-9,12H2,(H,24,28). The lowest BCUT2D eigenvalue weighted by Crippen LogP contribution is -2.47. The molecule has 142 valence electrons. The van der Waals surface area contributed by atoms with Crippen molar-refractivity contribution in [1.29, 1.82) is 0 Å². The third kappa shape index (κ3) is 2.68. The minimum atomic E-state index is -0.134. The number of aryl methyl sites for hydroxylation is 1. The van der Waals surface area contributed by atoms with Crippen LogP contribution in [0.15, 0.2) is 37.1 Å². The van der Waals surface area contributed by atoms with Crippen molar-refractivity contribution >= 4 is 39.2 Å². The molecule has 2 N–H and O–H groups in total. The first kappa shape index (κ1) is 17.0. The van der Waals surface area contributed by atoms with Gasteiger partial charge < -0.3 is 15.2 Å². The molecule has 0 bridgehead atoms. The Morgan fingerprint density at radius 3 is 3.07 bits per heavy atom. The van der Waals surface area contributed by atoms with E-state index in [9.17, 15) is 9.59 Å². The van der Waals surface area contributed by atoms with E-state index in [1.807, 2.05) is 18.3 Å². The number of carbonyl (C=O) groups is 2. The van der Waals surface area contributed by atoms with Crippen LogP contribution < -0.4 is 10.2 Å². The number of aromatic amines is 1. The highest BCUT2D eigenvalue weighted by atomic mass is 16.1. The first-order valence-corrected chi connectivity index (χ1v) is 9.78. The molecule has 6 heteroatoms. The van der Waals surface area contributed by atoms with Crippen LogP contribution in [0.1, 0.15) is 35.3 Å². The number of Topliss-reactive ketones (excluding diaryl/α,β-unsaturated/α-hetero) is 1. The Morgan fingerprint density at radius 1 is 1.32 bits per heavy atom. The van der Waals surface area contributed by atoms with E-state index in [1.165, 1.54) is 6.08 Å². The number of pyridine rings is 1. The van der Waals surface area contributed by atoms with Gasteiger partial charge in [0.2, 0.25) is 5.91 Å². The lowest BCUT2D eigenvalue weighted by molar-refractivity contribution is -0.117. The third-order valence-electron chi connectivity index (χ3n) is 5.89. The Morgan fingerprint density at radius 2 is 2.21 bits per heavy atom. The molecule has 0 radical (unpaired) electrons. The quantitative estimate of drug-likeness (QED) is 0.691. The van der Waals surface area contributed by atoms with Gasteiger partial charge in [0.15, 0.2) is 5.78 Å². The summed E-state index contributed by atoms with van der Waals surface area (Å²) in [6, 6.07) is 6.27. The topological polar surface area (TPSA) is 78.1 Å². The van der Waals surface area contributed by atoms with Crippen LogP contribution in [0, 0.1) is 0 Å². The number of anilines is 1. The van der Waals surface area contributed by atoms with E-state index in [-0.39, 0.29) is 17.7 Å². The zero-order chi connectivity index (χ0) is 19.3. The summed E-state index contributed by atoms with van der Waals surface area (Å²) in [5.74, 6) is 0.996. The molecule has 1 saturated heterocycles. The summed E-state index contributed by atoms with van der Waals surface area (Å²) in [6.45, 7) is 5.17. The summed E-state index contributed by atoms with van der Waals surface area (Å²) in [5.41, 5.74) is 2.93. The molecular formula is C22H22N4O2. The number of nitrogens with zero attached hydrogens (tertiary/aromatic N) is 2. The fourth-order valence-electron chi connectivity index (χ4n) is 4.53. The molecular weight excluding hydrogens is 352 g/mol. The Kier molecular flexibility index (Phi) is 3.93. The highest BCUT2D eigenvalue weighted by molar-refractivity contribution is 6.17. The monoisotopic (exact) mass is 374 g/mol. The fraction of sp³-hybridized carbons (Fsp3) is 0.318. The second kappa shape index (κ2) is 6.48. The molecule has 1 aliphatic carbocycles. The average molecular weight is 374 g/mol. The maximum Gasteiger partial charge on any atom is 0.243 e. The number of nitrogens with one attached hydrogen (secondary N) is 2. The summed E-state index contributed by atoms with van der Waals surface area (Å²) >= 11 is 0. The smallest absolute Gasteiger partial charge is 0.243 e. The molecule has 1 fully saturated rings. The molecule has 1 aliphatic heterocycles. The van der Waals surface area contributed by atoms with Gasteiger partial charge in [0.05, 0.1) is 5.52 Å². The number of piperidine rings is 1. The number of fused-ring (bicyclic) bond motifs is 5. The van der Waals surface area contributed by atoms with Gasteiger partial charge in [0, 0.05) is 59.2 Å². The van der Waals surface area contributed by atoms with E-state index >= 15 is 0 Å². The maximum absolute atomic E-state index is 12.3. The zero-order valence-corrected chi connectivity index (χ0v) is 15.6. The van der Waals surface area contributed by atoms with Crippen LogP contribution in [-0.2, 0) is 11.2 Å². The molecule has 1 unspecified atom stereocenters. The summed E-state index contributed by atoms with van der Waals surface area (Å²) in [6.07, 6.45) is 6.55. The second-order valence-electron chi connectivity index (χ2n) is 7.65. The number of ketones is 1. The first-order chi connectivity index (χ1) is 13.6. The van der Waals surface area contributed by atoms with Crippen molar-refractivity contribution < 1.29 is 9.59 Å². The molecule has 1 amide bonds. The molecule has 5 rings (SSSR count). The van der Waals surface area contributed by atoms with Crippen LogP contribution in [-0.4, -0.2) is 40.8 Å². The van der Waals surface area contributed by atoms with Crippen molar-refractivity contribution in [2.75, 3.05) is 18.0 Å². The van der Waals surface area contributed by atoms with Crippen LogP contribution in [0.25, 0.3) is 21.7 Å². The van der Waals surface area contributed by atoms with Gasteiger partial charge in [0.25, 0.3) is 0 Å². The first-order valence-electron chi connectivity index (χ1n) is 9.78. The van der Waals surface area contributed by atoms with Gasteiger partial charge in [-0.3, -0.25) is 9.59 Å². The molecule has 0 saturated carbocycles. The maximum atomic E-state index is 12.3. The predicted molar refractivity (Wildman–Crippen MR) is 110 cm³/mol. The van der Waals surface area contributed by atoms with Gasteiger partial charge in [-0.25, -0.2) is 4.98 Å². The number of carbonyl (C=O) groups excluding carboxylic acids is 2. The van der Waals surface area contributed by atoms with Gasteiger partial charge in [-0.1, -0.05) is 18.7 Å². The van der Waals surface area contributed by atoms with Crippen molar-refractivity contribution in [1.82, 2.24) is 15.3 Å². The van der Waals surface area contributed by atoms with E-state index in [0.29, 0.717) is 6.42 Å². The van der Waals surface area contributed by atoms with Gasteiger partial charge in [-0.2, -0.15) is 0 Å². The zero-order valence-electron chi connectivity index (χ0n) is 15.6. The number of amides is 1. The largest absolute Gasteiger partial charge is 0.357 e. The number of hydrogen-bond donors (Lipinski definition) is 2. The highest BCUT2D eigenvalue weighted by Crippen LogP contribution is 2.35. The van der Waals surface area contributed by atoms with E-state index in [1.54, 1.807) is 0 Å². The minimum absolute atomic E-state index is 0.0967. The molecule has 2 aromatic heterocycles. The van der Waals surface area contributed by atoms with Gasteiger partial charge >= 0.3 is 0 Å². The van der Waals surface area contributed by atoms with Crippen LogP contribution >= 0.6 is 0 Å². The number of benzene rings is 1. The van der Waals surface area contributed by atoms with Crippen LogP contribution in [0.3, 0.4) is 0 Å². The van der Waals surface area contributed by atoms with Crippen molar-refractivity contribution in [3.05, 3.63) is 48.3 Å². The molecule has 2 aliphatic rings. The number of H-pyrrole nitrogens is 1. The Balaban J connectivity index is 1.53. The van der Waals surface area contributed by atoms with E-state index < -0.39 is 0 Å². The Labute approximate surface area is 162 Å². The Hall–Kier alpha value is -3.15. The summed E-state index contributed by atoms with van der Waals surface area (Å²) in [4.78, 5) is 34.3. The SMILES string of the molecule is C=CC(=O)NC1CCCN(c2cc3c(ccc4c5c([nH]c43)CCC5=O)cn2)C1. The van der Waals surface area contributed by atoms with Crippen molar-refractivity contribution in [3.63, 3.8) is 0 Å². The molecule has 6 nitrogen and oxygen atoms in total. The molecule has 3 aromatic rings. The molecule has 1 atom stereocenters. The van der Waals surface area contributed by atoms with E-state index in [4.69, 9.17) is 0 Å². The van der Waals surface area contributed by atoms with Gasteiger partial charge in [-0.15, -0.1) is 0 Å². The van der Waals surface area contributed by atoms with Crippen molar-refractivity contribution in [2.24, 2.45) is 0 Å². The van der Waals surface area contributed by atoms with Crippen LogP contribution in [0.5, 0.6) is 0 Å². The summed E-state index contributed by atoms with van der Waals surface area (Å²) in [5, 5.41) is 6.14. The third-order valence-corrected chi connectivity index (χ3v) is 5.89. The molecule has 28 heavy (non-hydrogen) atoms. The lowest BCUT2D eigenvalue weighted by atomic mass is 10.0. The van der Waals surface area contributed by atoms with Crippen molar-refractivity contribution in [3.8, 4) is 0 Å². The predicted octanol–water partition coefficient (Wildman–Crippen LogP) is 3.12. The average Bonchev–Trinajstić information content (AvgIpc) is 3.27.